The molecule has 2 fully saturated rings. The SMILES string of the molecule is O=C1CCC(N2CCN(C(=O)c3ccc(OC(F)F)cc3)CC2)CCN1. The highest BCUT2D eigenvalue weighted by molar-refractivity contribution is 5.94. The zero-order chi connectivity index (χ0) is 18.5. The second-order valence-electron chi connectivity index (χ2n) is 6.56. The Morgan fingerprint density at radius 3 is 2.46 bits per heavy atom. The predicted molar refractivity (Wildman–Crippen MR) is 91.2 cm³/mol. The molecule has 1 N–H and O–H groups in total. The molecule has 2 aliphatic heterocycles. The van der Waals surface area contributed by atoms with Crippen molar-refractivity contribution in [1.29, 1.82) is 0 Å². The van der Waals surface area contributed by atoms with Crippen LogP contribution in [0.3, 0.4) is 0 Å². The first kappa shape index (κ1) is 18.6. The van der Waals surface area contributed by atoms with E-state index in [0.29, 0.717) is 37.7 Å². The molecule has 0 radical (unpaired) electrons. The Kier molecular flexibility index (Phi) is 6.03. The maximum Gasteiger partial charge on any atom is 0.387 e. The van der Waals surface area contributed by atoms with E-state index in [9.17, 15) is 18.4 Å². The molecule has 2 aliphatic rings. The van der Waals surface area contributed by atoms with Crippen LogP contribution in [0.2, 0.25) is 0 Å². The summed E-state index contributed by atoms with van der Waals surface area (Å²) >= 11 is 0. The second kappa shape index (κ2) is 8.44. The normalized spacial score (nSPS) is 22.0. The third kappa shape index (κ3) is 4.69. The summed E-state index contributed by atoms with van der Waals surface area (Å²) in [5.41, 5.74) is 0.462. The Labute approximate surface area is 151 Å². The van der Waals surface area contributed by atoms with Crippen LogP contribution in [0.25, 0.3) is 0 Å². The molecule has 0 bridgehead atoms. The Morgan fingerprint density at radius 1 is 1.12 bits per heavy atom. The fraction of sp³-hybridized carbons (Fsp3) is 0.556. The van der Waals surface area contributed by atoms with Gasteiger partial charge in [0.2, 0.25) is 5.91 Å². The van der Waals surface area contributed by atoms with Crippen molar-refractivity contribution in [3.63, 3.8) is 0 Å². The van der Waals surface area contributed by atoms with E-state index in [1.807, 2.05) is 0 Å². The van der Waals surface area contributed by atoms with E-state index in [-0.39, 0.29) is 17.6 Å². The number of amides is 2. The highest BCUT2D eigenvalue weighted by atomic mass is 19.3. The van der Waals surface area contributed by atoms with Crippen LogP contribution in [-0.4, -0.2) is 67.0 Å². The van der Waals surface area contributed by atoms with Gasteiger partial charge in [0.25, 0.3) is 5.91 Å². The maximum absolute atomic E-state index is 12.6. The molecule has 1 aromatic carbocycles. The minimum absolute atomic E-state index is 0.0397. The van der Waals surface area contributed by atoms with Crippen molar-refractivity contribution in [3.8, 4) is 5.75 Å². The zero-order valence-corrected chi connectivity index (χ0v) is 14.5. The summed E-state index contributed by atoms with van der Waals surface area (Å²) in [6.45, 7) is 0.612. The van der Waals surface area contributed by atoms with Gasteiger partial charge in [-0.1, -0.05) is 0 Å². The molecule has 6 nitrogen and oxygen atoms in total. The molecular formula is C18H23F2N3O3. The second-order valence-corrected chi connectivity index (χ2v) is 6.56. The molecule has 2 amide bonds. The van der Waals surface area contributed by atoms with E-state index in [2.05, 4.69) is 15.0 Å². The van der Waals surface area contributed by atoms with Crippen LogP contribution in [0.15, 0.2) is 24.3 Å². The standard InChI is InChI=1S/C18H23F2N3O3/c19-18(20)26-15-4-1-13(2-5-15)17(25)23-11-9-22(10-12-23)14-3-6-16(24)21-8-7-14/h1-2,4-5,14,18H,3,6-12H2,(H,21,24). The minimum atomic E-state index is -2.88. The minimum Gasteiger partial charge on any atom is -0.435 e. The van der Waals surface area contributed by atoms with E-state index < -0.39 is 6.61 Å². The van der Waals surface area contributed by atoms with Crippen molar-refractivity contribution in [3.05, 3.63) is 29.8 Å². The van der Waals surface area contributed by atoms with E-state index >= 15 is 0 Å². The summed E-state index contributed by atoms with van der Waals surface area (Å²) in [5.74, 6) is 0.0458. The van der Waals surface area contributed by atoms with Crippen molar-refractivity contribution in [2.45, 2.75) is 31.9 Å². The lowest BCUT2D eigenvalue weighted by molar-refractivity contribution is -0.120. The predicted octanol–water partition coefficient (Wildman–Crippen LogP) is 1.71. The molecule has 2 heterocycles. The largest absolute Gasteiger partial charge is 0.435 e. The van der Waals surface area contributed by atoms with Gasteiger partial charge in [0.15, 0.2) is 0 Å². The van der Waals surface area contributed by atoms with Crippen molar-refractivity contribution >= 4 is 11.8 Å². The average molecular weight is 367 g/mol. The quantitative estimate of drug-likeness (QED) is 0.880. The van der Waals surface area contributed by atoms with Gasteiger partial charge in [0.05, 0.1) is 0 Å². The van der Waals surface area contributed by atoms with E-state index in [4.69, 9.17) is 0 Å². The molecule has 2 saturated heterocycles. The molecule has 1 unspecified atom stereocenters. The third-order valence-electron chi connectivity index (χ3n) is 4.95. The fourth-order valence-corrected chi connectivity index (χ4v) is 3.53. The van der Waals surface area contributed by atoms with Gasteiger partial charge in [-0.05, 0) is 37.1 Å². The van der Waals surface area contributed by atoms with E-state index in [1.165, 1.54) is 24.3 Å². The van der Waals surface area contributed by atoms with Gasteiger partial charge < -0.3 is 15.0 Å². The van der Waals surface area contributed by atoms with Gasteiger partial charge in [-0.3, -0.25) is 14.5 Å². The highest BCUT2D eigenvalue weighted by Gasteiger charge is 2.28. The lowest BCUT2D eigenvalue weighted by Crippen LogP contribution is -2.52. The topological polar surface area (TPSA) is 61.9 Å². The first-order valence-corrected chi connectivity index (χ1v) is 8.88. The van der Waals surface area contributed by atoms with Gasteiger partial charge in [-0.25, -0.2) is 0 Å². The zero-order valence-electron chi connectivity index (χ0n) is 14.5. The summed E-state index contributed by atoms with van der Waals surface area (Å²) in [6, 6.07) is 6.15. The number of nitrogens with one attached hydrogen (secondary N) is 1. The third-order valence-corrected chi connectivity index (χ3v) is 4.95. The van der Waals surface area contributed by atoms with Gasteiger partial charge in [0.1, 0.15) is 5.75 Å². The smallest absolute Gasteiger partial charge is 0.387 e. The van der Waals surface area contributed by atoms with Gasteiger partial charge in [-0.15, -0.1) is 0 Å². The van der Waals surface area contributed by atoms with Gasteiger partial charge in [0, 0.05) is 50.7 Å². The molecule has 26 heavy (non-hydrogen) atoms. The number of carbonyl (C=O) groups excluding carboxylic acids is 2. The first-order valence-electron chi connectivity index (χ1n) is 8.88. The summed E-state index contributed by atoms with van der Waals surface area (Å²) in [7, 11) is 0. The number of nitrogens with zero attached hydrogens (tertiary/aromatic N) is 2. The number of carbonyl (C=O) groups is 2. The van der Waals surface area contributed by atoms with Crippen molar-refractivity contribution in [2.75, 3.05) is 32.7 Å². The van der Waals surface area contributed by atoms with Crippen molar-refractivity contribution in [1.82, 2.24) is 15.1 Å². The number of ether oxygens (including phenoxy) is 1. The monoisotopic (exact) mass is 367 g/mol. The molecule has 0 aliphatic carbocycles. The van der Waals surface area contributed by atoms with Crippen molar-refractivity contribution < 1.29 is 23.1 Å². The van der Waals surface area contributed by atoms with Crippen molar-refractivity contribution in [2.24, 2.45) is 0 Å². The molecule has 142 valence electrons. The molecule has 0 saturated carbocycles. The van der Waals surface area contributed by atoms with Crippen LogP contribution in [0.5, 0.6) is 5.75 Å². The molecule has 1 atom stereocenters. The number of benzene rings is 1. The number of halogens is 2. The molecule has 0 spiro atoms. The molecule has 3 rings (SSSR count). The summed E-state index contributed by atoms with van der Waals surface area (Å²) in [5, 5.41) is 2.89. The summed E-state index contributed by atoms with van der Waals surface area (Å²) in [6.07, 6.45) is 2.34. The Balaban J connectivity index is 1.52. The van der Waals surface area contributed by atoms with E-state index in [1.54, 1.807) is 4.90 Å². The van der Waals surface area contributed by atoms with Gasteiger partial charge >= 0.3 is 6.61 Å². The number of hydrogen-bond donors (Lipinski definition) is 1. The van der Waals surface area contributed by atoms with Gasteiger partial charge in [-0.2, -0.15) is 8.78 Å². The molecule has 1 aromatic rings. The Bertz CT molecular complexity index is 631. The fourth-order valence-electron chi connectivity index (χ4n) is 3.53. The molecule has 0 aromatic heterocycles. The summed E-state index contributed by atoms with van der Waals surface area (Å²) in [4.78, 5) is 28.2. The lowest BCUT2D eigenvalue weighted by atomic mass is 10.1. The number of alkyl halides is 2. The van der Waals surface area contributed by atoms with Crippen LogP contribution in [0.4, 0.5) is 8.78 Å². The van der Waals surface area contributed by atoms with Crippen LogP contribution in [-0.2, 0) is 4.79 Å². The van der Waals surface area contributed by atoms with Crippen LogP contribution < -0.4 is 10.1 Å². The maximum atomic E-state index is 12.6. The summed E-state index contributed by atoms with van der Waals surface area (Å²) < 4.78 is 28.7. The average Bonchev–Trinajstić information content (AvgIpc) is 2.86. The number of hydrogen-bond acceptors (Lipinski definition) is 4. The number of rotatable bonds is 4. The van der Waals surface area contributed by atoms with Crippen LogP contribution >= 0.6 is 0 Å². The Morgan fingerprint density at radius 2 is 1.81 bits per heavy atom. The van der Waals surface area contributed by atoms with Crippen LogP contribution in [0.1, 0.15) is 29.6 Å². The highest BCUT2D eigenvalue weighted by Crippen LogP contribution is 2.19. The van der Waals surface area contributed by atoms with Crippen LogP contribution in [0, 0.1) is 0 Å². The number of piperazine rings is 1. The lowest BCUT2D eigenvalue weighted by Gasteiger charge is -2.39. The molecular weight excluding hydrogens is 344 g/mol. The Hall–Kier alpha value is -2.22. The van der Waals surface area contributed by atoms with E-state index in [0.717, 1.165) is 25.9 Å². The molecule has 8 heteroatoms. The first-order chi connectivity index (χ1) is 12.5.